The number of hydrogen-bond acceptors (Lipinski definition) is 6. The highest BCUT2D eigenvalue weighted by atomic mass is 19.1. The summed E-state index contributed by atoms with van der Waals surface area (Å²) in [6.45, 7) is 3.11. The molecule has 0 unspecified atom stereocenters. The first kappa shape index (κ1) is 19.5. The molecular weight excluding hydrogens is 401 g/mol. The lowest BCUT2D eigenvalue weighted by atomic mass is 9.78. The molecule has 3 aromatic rings. The fourth-order valence-electron chi connectivity index (χ4n) is 4.79. The van der Waals surface area contributed by atoms with Gasteiger partial charge in [-0.05, 0) is 35.3 Å². The van der Waals surface area contributed by atoms with Crippen LogP contribution in [0.25, 0.3) is 0 Å². The Hall–Kier alpha value is -3.49. The van der Waals surface area contributed by atoms with Gasteiger partial charge in [0.1, 0.15) is 11.9 Å². The van der Waals surface area contributed by atoms with Crippen molar-refractivity contribution in [3.63, 3.8) is 0 Å². The minimum atomic E-state index is -0.663. The predicted molar refractivity (Wildman–Crippen MR) is 110 cm³/mol. The van der Waals surface area contributed by atoms with Gasteiger partial charge >= 0.3 is 0 Å². The van der Waals surface area contributed by atoms with Gasteiger partial charge in [-0.1, -0.05) is 18.2 Å². The third-order valence-electron chi connectivity index (χ3n) is 6.07. The van der Waals surface area contributed by atoms with Crippen molar-refractivity contribution >= 4 is 11.9 Å². The first-order valence-corrected chi connectivity index (χ1v) is 10.3. The van der Waals surface area contributed by atoms with E-state index in [0.717, 1.165) is 12.1 Å². The summed E-state index contributed by atoms with van der Waals surface area (Å²) in [7, 11) is 0. The molecule has 2 aromatic heterocycles. The van der Waals surface area contributed by atoms with E-state index in [1.807, 2.05) is 11.0 Å². The van der Waals surface area contributed by atoms with Gasteiger partial charge in [0.2, 0.25) is 11.8 Å². The molecule has 0 spiro atoms. The van der Waals surface area contributed by atoms with Crippen molar-refractivity contribution in [2.75, 3.05) is 18.0 Å². The van der Waals surface area contributed by atoms with Crippen LogP contribution < -0.4 is 15.8 Å². The molecule has 1 N–H and O–H groups in total. The summed E-state index contributed by atoms with van der Waals surface area (Å²) in [5.41, 5.74) is 1.30. The number of pyridine rings is 1. The van der Waals surface area contributed by atoms with Gasteiger partial charge in [0.05, 0.1) is 0 Å². The Labute approximate surface area is 177 Å². The lowest BCUT2D eigenvalue weighted by molar-refractivity contribution is -0.127. The van der Waals surface area contributed by atoms with Crippen LogP contribution >= 0.6 is 0 Å². The zero-order valence-corrected chi connectivity index (χ0v) is 17.0. The number of piperidine rings is 1. The molecule has 31 heavy (non-hydrogen) atoms. The highest BCUT2D eigenvalue weighted by Crippen LogP contribution is 2.41. The van der Waals surface area contributed by atoms with E-state index in [4.69, 9.17) is 4.52 Å². The number of carbonyl (C=O) groups excluding carboxylic acids is 1. The fraction of sp³-hybridized carbons (Fsp3) is 0.364. The fourth-order valence-corrected chi connectivity index (χ4v) is 4.79. The van der Waals surface area contributed by atoms with Crippen LogP contribution in [0.3, 0.4) is 0 Å². The Morgan fingerprint density at radius 1 is 1.26 bits per heavy atom. The number of benzene rings is 1. The number of nitrogens with one attached hydrogen (secondary N) is 1. The Morgan fingerprint density at radius 2 is 2.10 bits per heavy atom. The Bertz CT molecular complexity index is 1190. The number of hydrogen-bond donors (Lipinski definition) is 1. The first-order valence-electron chi connectivity index (χ1n) is 10.3. The molecule has 0 aliphatic carbocycles. The van der Waals surface area contributed by atoms with E-state index in [1.54, 1.807) is 29.7 Å². The van der Waals surface area contributed by atoms with Crippen LogP contribution in [0.15, 0.2) is 51.8 Å². The number of rotatable bonds is 4. The molecular formula is C22H22FN5O3. The summed E-state index contributed by atoms with van der Waals surface area (Å²) >= 11 is 0. The van der Waals surface area contributed by atoms with Gasteiger partial charge in [-0.3, -0.25) is 14.2 Å². The second kappa shape index (κ2) is 7.64. The number of aromatic nitrogens is 3. The van der Waals surface area contributed by atoms with Crippen LogP contribution in [0.1, 0.15) is 35.5 Å². The molecule has 1 saturated heterocycles. The first-order chi connectivity index (χ1) is 15.0. The molecule has 160 valence electrons. The maximum Gasteiger partial charge on any atom is 0.266 e. The van der Waals surface area contributed by atoms with E-state index < -0.39 is 6.04 Å². The molecule has 0 saturated carbocycles. The van der Waals surface area contributed by atoms with Crippen LogP contribution in [0.4, 0.5) is 10.3 Å². The van der Waals surface area contributed by atoms with E-state index in [0.29, 0.717) is 30.5 Å². The van der Waals surface area contributed by atoms with Gasteiger partial charge in [-0.15, -0.1) is 0 Å². The monoisotopic (exact) mass is 423 g/mol. The number of anilines is 1. The van der Waals surface area contributed by atoms with Crippen LogP contribution in [0, 0.1) is 18.7 Å². The molecule has 3 atom stereocenters. The van der Waals surface area contributed by atoms with Gasteiger partial charge in [-0.25, -0.2) is 4.39 Å². The van der Waals surface area contributed by atoms with E-state index in [2.05, 4.69) is 15.5 Å². The molecule has 9 heteroatoms. The average molecular weight is 423 g/mol. The molecule has 1 fully saturated rings. The van der Waals surface area contributed by atoms with E-state index >= 15 is 0 Å². The summed E-state index contributed by atoms with van der Waals surface area (Å²) in [6, 6.07) is 10.6. The maximum absolute atomic E-state index is 13.5. The van der Waals surface area contributed by atoms with Crippen molar-refractivity contribution in [2.24, 2.45) is 5.92 Å². The minimum Gasteiger partial charge on any atom is -0.350 e. The Kier molecular flexibility index (Phi) is 4.80. The summed E-state index contributed by atoms with van der Waals surface area (Å²) < 4.78 is 20.2. The zero-order chi connectivity index (χ0) is 21.5. The quantitative estimate of drug-likeness (QED) is 0.691. The molecule has 2 aliphatic rings. The Morgan fingerprint density at radius 3 is 2.87 bits per heavy atom. The van der Waals surface area contributed by atoms with E-state index in [-0.39, 0.29) is 35.7 Å². The van der Waals surface area contributed by atoms with Crippen molar-refractivity contribution in [1.82, 2.24) is 20.0 Å². The van der Waals surface area contributed by atoms with Gasteiger partial charge in [-0.2, -0.15) is 4.98 Å². The average Bonchev–Trinajstić information content (AvgIpc) is 3.19. The summed E-state index contributed by atoms with van der Waals surface area (Å²) in [4.78, 5) is 32.4. The predicted octanol–water partition coefficient (Wildman–Crippen LogP) is 2.16. The Balaban J connectivity index is 1.46. The molecule has 8 nitrogen and oxygen atoms in total. The topological polar surface area (TPSA) is 93.3 Å². The number of halogens is 1. The third-order valence-corrected chi connectivity index (χ3v) is 6.07. The van der Waals surface area contributed by atoms with Crippen LogP contribution in [0.5, 0.6) is 0 Å². The summed E-state index contributed by atoms with van der Waals surface area (Å²) in [5.74, 6) is 0.349. The maximum atomic E-state index is 13.5. The second-order valence-electron chi connectivity index (χ2n) is 8.16. The minimum absolute atomic E-state index is 0.0822. The molecule has 1 aromatic carbocycles. The molecule has 1 amide bonds. The largest absolute Gasteiger partial charge is 0.350 e. The summed E-state index contributed by atoms with van der Waals surface area (Å²) in [6.07, 6.45) is 0.787. The standard InChI is InChI=1S/C22H22FN5O3/c1-13-25-22(26-31-13)27-11-15-9-16(12-27)20(28-18(15)6-3-7-19(28)29)21(30)24-10-14-4-2-5-17(23)8-14/h2-8,15-16,20H,9-12H2,1H3,(H,24,30)/t15-,16+,20-/m1/s1. The molecule has 4 heterocycles. The zero-order valence-electron chi connectivity index (χ0n) is 17.0. The van der Waals surface area contributed by atoms with Crippen molar-refractivity contribution in [1.29, 1.82) is 0 Å². The smallest absolute Gasteiger partial charge is 0.266 e. The number of amides is 1. The van der Waals surface area contributed by atoms with Gasteiger partial charge in [0, 0.05) is 50.2 Å². The molecule has 5 rings (SSSR count). The third kappa shape index (κ3) is 3.60. The van der Waals surface area contributed by atoms with Crippen LogP contribution in [0.2, 0.25) is 0 Å². The van der Waals surface area contributed by atoms with Gasteiger partial charge in [0.15, 0.2) is 0 Å². The van der Waals surface area contributed by atoms with E-state index in [1.165, 1.54) is 18.2 Å². The van der Waals surface area contributed by atoms with Crippen molar-refractivity contribution in [3.05, 3.63) is 75.8 Å². The number of carbonyl (C=O) groups is 1. The lowest BCUT2D eigenvalue weighted by Gasteiger charge is -2.45. The summed E-state index contributed by atoms with van der Waals surface area (Å²) in [5, 5.41) is 6.92. The van der Waals surface area contributed by atoms with Crippen LogP contribution in [-0.2, 0) is 11.3 Å². The normalized spacial score (nSPS) is 22.1. The van der Waals surface area contributed by atoms with Gasteiger partial charge in [0.25, 0.3) is 11.5 Å². The highest BCUT2D eigenvalue weighted by molar-refractivity contribution is 5.81. The number of aryl methyl sites for hydroxylation is 1. The van der Waals surface area contributed by atoms with Crippen LogP contribution in [-0.4, -0.2) is 33.7 Å². The SMILES string of the molecule is Cc1nc(N2C[C@H]3C[C@@H](C2)[C@H](C(=O)NCc2cccc(F)c2)n2c3cccc2=O)no1. The van der Waals surface area contributed by atoms with Crippen molar-refractivity contribution < 1.29 is 13.7 Å². The molecule has 2 bridgehead atoms. The molecule has 0 radical (unpaired) electrons. The number of fused-ring (bicyclic) bond motifs is 4. The number of nitrogens with zero attached hydrogens (tertiary/aromatic N) is 4. The van der Waals surface area contributed by atoms with Gasteiger partial charge < -0.3 is 14.7 Å². The lowest BCUT2D eigenvalue weighted by Crippen LogP contribution is -2.53. The highest BCUT2D eigenvalue weighted by Gasteiger charge is 2.44. The van der Waals surface area contributed by atoms with Crippen molar-refractivity contribution in [3.8, 4) is 0 Å². The second-order valence-corrected chi connectivity index (χ2v) is 8.16. The molecule has 2 aliphatic heterocycles. The van der Waals surface area contributed by atoms with Crippen molar-refractivity contribution in [2.45, 2.75) is 31.8 Å². The van der Waals surface area contributed by atoms with E-state index in [9.17, 15) is 14.0 Å².